The molecule has 0 saturated heterocycles. The van der Waals surface area contributed by atoms with E-state index in [9.17, 15) is 5.11 Å². The molecule has 0 saturated carbocycles. The summed E-state index contributed by atoms with van der Waals surface area (Å²) in [5.41, 5.74) is 2.00. The summed E-state index contributed by atoms with van der Waals surface area (Å²) in [6.07, 6.45) is 0.976. The maximum atomic E-state index is 10.1. The van der Waals surface area contributed by atoms with Gasteiger partial charge >= 0.3 is 0 Å². The Morgan fingerprint density at radius 1 is 1.15 bits per heavy atom. The van der Waals surface area contributed by atoms with Gasteiger partial charge in [-0.1, -0.05) is 24.3 Å². The van der Waals surface area contributed by atoms with Crippen LogP contribution in [0.1, 0.15) is 12.0 Å². The molecular formula is C16H16BrNO2. The van der Waals surface area contributed by atoms with Crippen LogP contribution in [0.25, 0.3) is 0 Å². The van der Waals surface area contributed by atoms with Crippen LogP contribution in [-0.4, -0.2) is 18.3 Å². The molecule has 0 atom stereocenters. The van der Waals surface area contributed by atoms with E-state index in [4.69, 9.17) is 4.74 Å². The summed E-state index contributed by atoms with van der Waals surface area (Å²) >= 11 is 3.36. The molecule has 0 radical (unpaired) electrons. The molecule has 0 aliphatic carbocycles. The van der Waals surface area contributed by atoms with Crippen molar-refractivity contribution in [2.24, 2.45) is 0 Å². The number of phenols is 1. The minimum atomic E-state index is 0.315. The van der Waals surface area contributed by atoms with E-state index in [1.165, 1.54) is 0 Å². The molecule has 0 bridgehead atoms. The van der Waals surface area contributed by atoms with Gasteiger partial charge in [0.1, 0.15) is 11.5 Å². The van der Waals surface area contributed by atoms with Crippen LogP contribution in [0.5, 0.6) is 11.5 Å². The lowest BCUT2D eigenvalue weighted by Gasteiger charge is -2.24. The molecule has 2 aromatic rings. The van der Waals surface area contributed by atoms with Gasteiger partial charge in [-0.3, -0.25) is 0 Å². The van der Waals surface area contributed by atoms with Crippen LogP contribution in [0.4, 0.5) is 5.69 Å². The summed E-state index contributed by atoms with van der Waals surface area (Å²) in [5, 5.41) is 10.1. The van der Waals surface area contributed by atoms with E-state index >= 15 is 0 Å². The molecule has 0 fully saturated rings. The first-order valence-corrected chi connectivity index (χ1v) is 7.48. The molecular weight excluding hydrogens is 318 g/mol. The van der Waals surface area contributed by atoms with Crippen molar-refractivity contribution in [2.45, 2.75) is 13.0 Å². The monoisotopic (exact) mass is 333 g/mol. The predicted molar refractivity (Wildman–Crippen MR) is 83.4 cm³/mol. The fraction of sp³-hybridized carbons (Fsp3) is 0.250. The van der Waals surface area contributed by atoms with Crippen molar-refractivity contribution in [3.05, 3.63) is 52.5 Å². The fourth-order valence-electron chi connectivity index (χ4n) is 2.46. The van der Waals surface area contributed by atoms with Gasteiger partial charge < -0.3 is 14.7 Å². The van der Waals surface area contributed by atoms with Crippen LogP contribution < -0.4 is 9.64 Å². The number of nitrogens with zero attached hydrogens (tertiary/aromatic N) is 1. The molecule has 2 aromatic carbocycles. The van der Waals surface area contributed by atoms with Crippen LogP contribution in [0.3, 0.4) is 0 Å². The van der Waals surface area contributed by atoms with Crippen molar-refractivity contribution in [1.29, 1.82) is 0 Å². The highest BCUT2D eigenvalue weighted by molar-refractivity contribution is 9.10. The number of hydrogen-bond acceptors (Lipinski definition) is 3. The molecule has 1 aliphatic rings. The highest BCUT2D eigenvalue weighted by Crippen LogP contribution is 2.34. The van der Waals surface area contributed by atoms with Gasteiger partial charge in [0, 0.05) is 18.7 Å². The fourth-order valence-corrected chi connectivity index (χ4v) is 2.86. The number of fused-ring (bicyclic) bond motifs is 1. The lowest BCUT2D eigenvalue weighted by molar-refractivity contribution is 0.322. The third-order valence-electron chi connectivity index (χ3n) is 3.47. The molecule has 0 spiro atoms. The van der Waals surface area contributed by atoms with Gasteiger partial charge in [-0.15, -0.1) is 0 Å². The van der Waals surface area contributed by atoms with Gasteiger partial charge in [0.25, 0.3) is 0 Å². The van der Waals surface area contributed by atoms with Crippen molar-refractivity contribution in [1.82, 2.24) is 0 Å². The van der Waals surface area contributed by atoms with Gasteiger partial charge in [-0.25, -0.2) is 0 Å². The molecule has 1 aliphatic heterocycles. The lowest BCUT2D eigenvalue weighted by atomic mass is 10.1. The first-order valence-electron chi connectivity index (χ1n) is 6.69. The third kappa shape index (κ3) is 2.61. The second kappa shape index (κ2) is 5.75. The van der Waals surface area contributed by atoms with Crippen molar-refractivity contribution in [2.75, 3.05) is 18.1 Å². The van der Waals surface area contributed by atoms with Crippen molar-refractivity contribution in [3.8, 4) is 11.5 Å². The second-order valence-corrected chi connectivity index (χ2v) is 5.69. The Balaban J connectivity index is 1.92. The zero-order valence-electron chi connectivity index (χ0n) is 11.1. The molecule has 0 aromatic heterocycles. The lowest BCUT2D eigenvalue weighted by Crippen LogP contribution is -2.23. The summed E-state index contributed by atoms with van der Waals surface area (Å²) in [4.78, 5) is 2.25. The Kier molecular flexibility index (Phi) is 3.83. The maximum Gasteiger partial charge on any atom is 0.142 e. The van der Waals surface area contributed by atoms with E-state index in [-0.39, 0.29) is 0 Å². The number of aromatic hydroxyl groups is 1. The topological polar surface area (TPSA) is 32.7 Å². The Labute approximate surface area is 126 Å². The quantitative estimate of drug-likeness (QED) is 0.903. The molecule has 104 valence electrons. The molecule has 4 heteroatoms. The Morgan fingerprint density at radius 2 is 2.00 bits per heavy atom. The number of rotatable bonds is 2. The molecule has 3 nitrogen and oxygen atoms in total. The number of phenolic OH excluding ortho intramolecular Hbond substituents is 1. The first kappa shape index (κ1) is 13.3. The standard InChI is InChI=1S/C16H16BrNO2/c17-13-6-3-5-12(16(13)19)11-18-9-4-10-20-15-8-2-1-7-14(15)18/h1-3,5-8,19H,4,9-11H2. The summed E-state index contributed by atoms with van der Waals surface area (Å²) in [5.74, 6) is 1.23. The number of halogens is 1. The van der Waals surface area contributed by atoms with Gasteiger partial charge in [-0.2, -0.15) is 0 Å². The minimum Gasteiger partial charge on any atom is -0.506 e. The van der Waals surface area contributed by atoms with Crippen LogP contribution in [0.15, 0.2) is 46.9 Å². The molecule has 0 amide bonds. The van der Waals surface area contributed by atoms with Gasteiger partial charge in [0.15, 0.2) is 0 Å². The largest absolute Gasteiger partial charge is 0.506 e. The molecule has 3 rings (SSSR count). The Bertz CT molecular complexity index is 615. The normalized spacial score (nSPS) is 14.3. The Hall–Kier alpha value is -1.68. The molecule has 1 N–H and O–H groups in total. The van der Waals surface area contributed by atoms with E-state index in [0.717, 1.165) is 41.0 Å². The van der Waals surface area contributed by atoms with E-state index in [2.05, 4.69) is 26.9 Å². The van der Waals surface area contributed by atoms with Gasteiger partial charge in [0.05, 0.1) is 16.8 Å². The number of ether oxygens (including phenoxy) is 1. The van der Waals surface area contributed by atoms with Gasteiger partial charge in [-0.05, 0) is 40.5 Å². The predicted octanol–water partition coefficient (Wildman–Crippen LogP) is 3.94. The van der Waals surface area contributed by atoms with Gasteiger partial charge in [0.2, 0.25) is 0 Å². The first-order chi connectivity index (χ1) is 9.75. The van der Waals surface area contributed by atoms with Crippen LogP contribution in [0, 0.1) is 0 Å². The molecule has 0 unspecified atom stereocenters. The highest BCUT2D eigenvalue weighted by atomic mass is 79.9. The van der Waals surface area contributed by atoms with Crippen molar-refractivity contribution >= 4 is 21.6 Å². The number of anilines is 1. The van der Waals surface area contributed by atoms with Crippen LogP contribution >= 0.6 is 15.9 Å². The van der Waals surface area contributed by atoms with E-state index < -0.39 is 0 Å². The SMILES string of the molecule is Oc1c(Br)cccc1CN1CCCOc2ccccc21. The highest BCUT2D eigenvalue weighted by Gasteiger charge is 2.17. The van der Waals surface area contributed by atoms with Crippen molar-refractivity contribution < 1.29 is 9.84 Å². The summed E-state index contributed by atoms with van der Waals surface area (Å²) in [6, 6.07) is 13.8. The summed E-state index contributed by atoms with van der Waals surface area (Å²) in [6.45, 7) is 2.33. The molecule has 1 heterocycles. The third-order valence-corrected chi connectivity index (χ3v) is 4.11. The van der Waals surface area contributed by atoms with Crippen molar-refractivity contribution in [3.63, 3.8) is 0 Å². The number of benzene rings is 2. The van der Waals surface area contributed by atoms with E-state index in [1.54, 1.807) is 0 Å². The molecule has 20 heavy (non-hydrogen) atoms. The maximum absolute atomic E-state index is 10.1. The second-order valence-electron chi connectivity index (χ2n) is 4.84. The average Bonchev–Trinajstić information content (AvgIpc) is 2.67. The Morgan fingerprint density at radius 3 is 2.90 bits per heavy atom. The zero-order valence-corrected chi connectivity index (χ0v) is 12.6. The number of hydrogen-bond donors (Lipinski definition) is 1. The summed E-state index contributed by atoms with van der Waals surface area (Å²) < 4.78 is 6.49. The summed E-state index contributed by atoms with van der Waals surface area (Å²) in [7, 11) is 0. The zero-order chi connectivity index (χ0) is 13.9. The van der Waals surface area contributed by atoms with E-state index in [0.29, 0.717) is 12.3 Å². The van der Waals surface area contributed by atoms with E-state index in [1.807, 2.05) is 36.4 Å². The average molecular weight is 334 g/mol. The van der Waals surface area contributed by atoms with Crippen LogP contribution in [0.2, 0.25) is 0 Å². The smallest absolute Gasteiger partial charge is 0.142 e. The minimum absolute atomic E-state index is 0.315. The van der Waals surface area contributed by atoms with Crippen LogP contribution in [-0.2, 0) is 6.54 Å². The number of para-hydroxylation sites is 3.